The number of amides is 1. The summed E-state index contributed by atoms with van der Waals surface area (Å²) in [4.78, 5) is 19.1. The summed E-state index contributed by atoms with van der Waals surface area (Å²) in [5.74, 6) is 2.98. The molecule has 4 rings (SSSR count). The van der Waals surface area contributed by atoms with E-state index in [1.165, 1.54) is 0 Å². The Morgan fingerprint density at radius 1 is 1.11 bits per heavy atom. The highest BCUT2D eigenvalue weighted by Crippen LogP contribution is 2.38. The Hall–Kier alpha value is -2.61. The van der Waals surface area contributed by atoms with Gasteiger partial charge in [0.2, 0.25) is 0 Å². The van der Waals surface area contributed by atoms with Gasteiger partial charge in [-0.05, 0) is 37.8 Å². The van der Waals surface area contributed by atoms with Gasteiger partial charge in [0.25, 0.3) is 11.8 Å². The summed E-state index contributed by atoms with van der Waals surface area (Å²) < 4.78 is 21.7. The van der Waals surface area contributed by atoms with E-state index in [9.17, 15) is 4.79 Å². The third-order valence-corrected chi connectivity index (χ3v) is 5.20. The van der Waals surface area contributed by atoms with Crippen molar-refractivity contribution in [2.45, 2.75) is 44.3 Å². The minimum atomic E-state index is -0.0263. The van der Waals surface area contributed by atoms with Crippen molar-refractivity contribution < 1.29 is 23.5 Å². The van der Waals surface area contributed by atoms with E-state index in [-0.39, 0.29) is 12.0 Å². The molecule has 1 saturated heterocycles. The number of methoxy groups -OCH3 is 2. The lowest BCUT2D eigenvalue weighted by Crippen LogP contribution is -2.40. The van der Waals surface area contributed by atoms with Crippen LogP contribution in [-0.2, 0) is 11.3 Å². The Morgan fingerprint density at radius 3 is 2.39 bits per heavy atom. The Kier molecular flexibility index (Phi) is 5.47. The maximum Gasteiger partial charge on any atom is 0.254 e. The van der Waals surface area contributed by atoms with Crippen LogP contribution in [-0.4, -0.2) is 54.4 Å². The first-order valence-electron chi connectivity index (χ1n) is 9.62. The van der Waals surface area contributed by atoms with Crippen molar-refractivity contribution in [1.82, 2.24) is 15.0 Å². The highest BCUT2D eigenvalue weighted by atomic mass is 16.5. The number of carbonyl (C=O) groups is 1. The number of benzene rings is 1. The van der Waals surface area contributed by atoms with Crippen LogP contribution in [0.5, 0.6) is 11.5 Å². The van der Waals surface area contributed by atoms with Crippen molar-refractivity contribution in [3.05, 3.63) is 35.5 Å². The third-order valence-electron chi connectivity index (χ3n) is 5.20. The van der Waals surface area contributed by atoms with E-state index in [0.717, 1.165) is 31.5 Å². The molecule has 0 spiro atoms. The van der Waals surface area contributed by atoms with Crippen molar-refractivity contribution in [2.24, 2.45) is 0 Å². The van der Waals surface area contributed by atoms with Gasteiger partial charge in [-0.1, -0.05) is 5.16 Å². The summed E-state index contributed by atoms with van der Waals surface area (Å²) in [6.45, 7) is 1.60. The van der Waals surface area contributed by atoms with Crippen molar-refractivity contribution in [1.29, 1.82) is 0 Å². The van der Waals surface area contributed by atoms with E-state index in [2.05, 4.69) is 10.1 Å². The number of carbonyl (C=O) groups excluding carboxylic acids is 1. The monoisotopic (exact) mass is 387 g/mol. The Morgan fingerprint density at radius 2 is 1.79 bits per heavy atom. The molecule has 0 radical (unpaired) electrons. The average Bonchev–Trinajstić information content (AvgIpc) is 3.49. The van der Waals surface area contributed by atoms with Crippen molar-refractivity contribution in [3.8, 4) is 11.5 Å². The quantitative estimate of drug-likeness (QED) is 0.722. The van der Waals surface area contributed by atoms with Gasteiger partial charge in [0, 0.05) is 30.6 Å². The molecule has 1 aromatic carbocycles. The second-order valence-corrected chi connectivity index (χ2v) is 7.22. The summed E-state index contributed by atoms with van der Waals surface area (Å²) in [5, 5.41) is 4.00. The first-order chi connectivity index (χ1) is 13.7. The topological polar surface area (TPSA) is 86.9 Å². The van der Waals surface area contributed by atoms with Gasteiger partial charge in [-0.25, -0.2) is 0 Å². The van der Waals surface area contributed by atoms with E-state index >= 15 is 0 Å². The summed E-state index contributed by atoms with van der Waals surface area (Å²) in [6.07, 6.45) is 3.92. The highest BCUT2D eigenvalue weighted by Gasteiger charge is 2.29. The number of nitrogens with zero attached hydrogens (tertiary/aromatic N) is 3. The van der Waals surface area contributed by atoms with Gasteiger partial charge in [-0.15, -0.1) is 0 Å². The van der Waals surface area contributed by atoms with E-state index in [1.54, 1.807) is 32.4 Å². The average molecular weight is 387 g/mol. The molecular formula is C20H25N3O5. The van der Waals surface area contributed by atoms with Crippen LogP contribution in [0.1, 0.15) is 53.7 Å². The van der Waals surface area contributed by atoms with E-state index in [0.29, 0.717) is 48.6 Å². The summed E-state index contributed by atoms with van der Waals surface area (Å²) in [7, 11) is 3.14. The van der Waals surface area contributed by atoms with Gasteiger partial charge >= 0.3 is 0 Å². The van der Waals surface area contributed by atoms with E-state index in [1.807, 2.05) is 4.90 Å². The van der Waals surface area contributed by atoms with Crippen molar-refractivity contribution >= 4 is 5.91 Å². The Bertz CT molecular complexity index is 803. The standard InChI is InChI=1S/C20H25N3O5/c1-25-16-9-14(10-17(11-16)26-2)20(24)23-7-5-15(6-8-23)27-12-18-21-19(22-28-18)13-3-4-13/h9-11,13,15H,3-8,12H2,1-2H3. The molecule has 1 amide bonds. The number of rotatable bonds is 7. The second kappa shape index (κ2) is 8.18. The Balaban J connectivity index is 1.29. The van der Waals surface area contributed by atoms with Crippen LogP contribution in [0, 0.1) is 0 Å². The molecule has 150 valence electrons. The Labute approximate surface area is 163 Å². The number of hydrogen-bond acceptors (Lipinski definition) is 7. The second-order valence-electron chi connectivity index (χ2n) is 7.22. The molecule has 0 N–H and O–H groups in total. The molecule has 2 aromatic rings. The fourth-order valence-electron chi connectivity index (χ4n) is 3.36. The van der Waals surface area contributed by atoms with Gasteiger partial charge in [-0.3, -0.25) is 4.79 Å². The molecule has 0 bridgehead atoms. The van der Waals surface area contributed by atoms with Gasteiger partial charge in [0.15, 0.2) is 5.82 Å². The largest absolute Gasteiger partial charge is 0.497 e. The fourth-order valence-corrected chi connectivity index (χ4v) is 3.36. The predicted molar refractivity (Wildman–Crippen MR) is 99.5 cm³/mol. The number of likely N-dealkylation sites (tertiary alicyclic amines) is 1. The zero-order valence-electron chi connectivity index (χ0n) is 16.2. The summed E-state index contributed by atoms with van der Waals surface area (Å²) in [6, 6.07) is 5.23. The molecule has 2 heterocycles. The predicted octanol–water partition coefficient (Wildman–Crippen LogP) is 2.79. The lowest BCUT2D eigenvalue weighted by atomic mass is 10.1. The lowest BCUT2D eigenvalue weighted by molar-refractivity contribution is -0.00979. The minimum absolute atomic E-state index is 0.0263. The number of aromatic nitrogens is 2. The van der Waals surface area contributed by atoms with Crippen molar-refractivity contribution in [3.63, 3.8) is 0 Å². The molecule has 28 heavy (non-hydrogen) atoms. The molecule has 0 atom stereocenters. The normalized spacial score (nSPS) is 17.6. The zero-order chi connectivity index (χ0) is 19.5. The first kappa shape index (κ1) is 18.7. The third kappa shape index (κ3) is 4.27. The molecule has 2 aliphatic rings. The van der Waals surface area contributed by atoms with Crippen LogP contribution >= 0.6 is 0 Å². The number of piperidine rings is 1. The SMILES string of the molecule is COc1cc(OC)cc(C(=O)N2CCC(OCc3nc(C4CC4)no3)CC2)c1. The number of hydrogen-bond donors (Lipinski definition) is 0. The number of ether oxygens (including phenoxy) is 3. The van der Waals surface area contributed by atoms with Gasteiger partial charge in [-0.2, -0.15) is 4.98 Å². The molecule has 1 aliphatic heterocycles. The van der Waals surface area contributed by atoms with Crippen LogP contribution in [0.15, 0.2) is 22.7 Å². The zero-order valence-corrected chi connectivity index (χ0v) is 16.2. The van der Waals surface area contributed by atoms with Gasteiger partial charge in [0.05, 0.1) is 20.3 Å². The van der Waals surface area contributed by atoms with E-state index < -0.39 is 0 Å². The molecule has 1 aliphatic carbocycles. The maximum atomic E-state index is 12.8. The summed E-state index contributed by atoms with van der Waals surface area (Å²) >= 11 is 0. The van der Waals surface area contributed by atoms with Crippen molar-refractivity contribution in [2.75, 3.05) is 27.3 Å². The smallest absolute Gasteiger partial charge is 0.254 e. The van der Waals surface area contributed by atoms with Crippen LogP contribution in [0.25, 0.3) is 0 Å². The minimum Gasteiger partial charge on any atom is -0.497 e. The molecule has 1 aromatic heterocycles. The van der Waals surface area contributed by atoms with Crippen LogP contribution < -0.4 is 9.47 Å². The van der Waals surface area contributed by atoms with Gasteiger partial charge in [0.1, 0.15) is 18.1 Å². The molecule has 2 fully saturated rings. The summed E-state index contributed by atoms with van der Waals surface area (Å²) in [5.41, 5.74) is 0.564. The maximum absolute atomic E-state index is 12.8. The molecule has 8 nitrogen and oxygen atoms in total. The molecule has 0 unspecified atom stereocenters. The van der Waals surface area contributed by atoms with Gasteiger partial charge < -0.3 is 23.6 Å². The van der Waals surface area contributed by atoms with Crippen LogP contribution in [0.2, 0.25) is 0 Å². The van der Waals surface area contributed by atoms with Crippen LogP contribution in [0.4, 0.5) is 0 Å². The molecular weight excluding hydrogens is 362 g/mol. The first-order valence-corrected chi connectivity index (χ1v) is 9.62. The molecule has 8 heteroatoms. The lowest BCUT2D eigenvalue weighted by Gasteiger charge is -2.31. The highest BCUT2D eigenvalue weighted by molar-refractivity contribution is 5.95. The molecule has 1 saturated carbocycles. The fraction of sp³-hybridized carbons (Fsp3) is 0.550. The van der Waals surface area contributed by atoms with E-state index in [4.69, 9.17) is 18.7 Å². The van der Waals surface area contributed by atoms with Crippen LogP contribution in [0.3, 0.4) is 0 Å².